The molecule has 2 aromatic heterocycles. The van der Waals surface area contributed by atoms with Crippen LogP contribution in [0.2, 0.25) is 6.82 Å². The van der Waals surface area contributed by atoms with Crippen LogP contribution >= 0.6 is 0 Å². The van der Waals surface area contributed by atoms with Gasteiger partial charge in [0.2, 0.25) is 0 Å². The van der Waals surface area contributed by atoms with Gasteiger partial charge in [0.15, 0.2) is 5.65 Å². The second-order valence-corrected chi connectivity index (χ2v) is 7.65. The second-order valence-electron chi connectivity index (χ2n) is 7.65. The summed E-state index contributed by atoms with van der Waals surface area (Å²) in [4.78, 5) is 7.21. The van der Waals surface area contributed by atoms with Gasteiger partial charge in [0, 0.05) is 35.9 Å². The number of nitrogens with zero attached hydrogens (tertiary/aromatic N) is 5. The minimum atomic E-state index is -0.255. The van der Waals surface area contributed by atoms with Gasteiger partial charge in [-0.1, -0.05) is 25.9 Å². The molecule has 3 aromatic rings. The number of fused-ring (bicyclic) bond motifs is 1. The maximum absolute atomic E-state index is 9.19. The molecule has 1 unspecified atom stereocenters. The number of hydrogen-bond acceptors (Lipinski definition) is 5. The van der Waals surface area contributed by atoms with Gasteiger partial charge in [0.05, 0.1) is 6.20 Å². The van der Waals surface area contributed by atoms with Gasteiger partial charge >= 0.3 is 6.71 Å². The molecule has 0 spiro atoms. The van der Waals surface area contributed by atoms with Crippen LogP contribution in [0.15, 0.2) is 42.7 Å². The lowest BCUT2D eigenvalue weighted by Gasteiger charge is -2.23. The summed E-state index contributed by atoms with van der Waals surface area (Å²) in [5, 5.41) is 13.6. The fraction of sp³-hybridized carbons (Fsp3) is 0.409. The first-order valence-electron chi connectivity index (χ1n) is 10.4. The molecular formula is C22H26BN5O. The topological polar surface area (TPSA) is 66.5 Å². The summed E-state index contributed by atoms with van der Waals surface area (Å²) < 4.78 is 7.80. The molecule has 0 saturated carbocycles. The molecule has 4 rings (SSSR count). The van der Waals surface area contributed by atoms with Crippen molar-refractivity contribution < 1.29 is 4.74 Å². The summed E-state index contributed by atoms with van der Waals surface area (Å²) in [5.41, 5.74) is 3.46. The minimum absolute atomic E-state index is 0.255. The van der Waals surface area contributed by atoms with E-state index in [-0.39, 0.29) is 6.71 Å². The summed E-state index contributed by atoms with van der Waals surface area (Å²) in [7, 11) is 0. The average Bonchev–Trinajstić information content (AvgIpc) is 3.39. The van der Waals surface area contributed by atoms with E-state index in [1.807, 2.05) is 49.5 Å². The molecule has 0 amide bonds. The standard InChI is InChI=1S/C22H26BN5O/c1-3-18-7-5-10-27(18)12-13-29-19-8-4-6-17(14-19)20-15-25-28-11-9-21(23(2)16-24)26-22(20)28/h4,6,8-9,11,14-15,18H,3,5,7,10,12-13H2,1-2H3. The molecule has 1 atom stereocenters. The van der Waals surface area contributed by atoms with Crippen molar-refractivity contribution in [1.82, 2.24) is 19.5 Å². The number of aromatic nitrogens is 3. The predicted octanol–water partition coefficient (Wildman–Crippen LogP) is 3.04. The molecule has 0 aliphatic carbocycles. The molecule has 6 nitrogen and oxygen atoms in total. The van der Waals surface area contributed by atoms with Gasteiger partial charge in [-0.2, -0.15) is 5.10 Å². The molecule has 0 N–H and O–H groups in total. The lowest BCUT2D eigenvalue weighted by molar-refractivity contribution is 0.194. The van der Waals surface area contributed by atoms with Gasteiger partial charge in [-0.3, -0.25) is 4.90 Å². The van der Waals surface area contributed by atoms with E-state index >= 15 is 0 Å². The first kappa shape index (κ1) is 19.5. The Bertz CT molecular complexity index is 1030. The van der Waals surface area contributed by atoms with E-state index in [0.717, 1.165) is 34.7 Å². The van der Waals surface area contributed by atoms with E-state index in [4.69, 9.17) is 4.74 Å². The van der Waals surface area contributed by atoms with Crippen LogP contribution in [-0.2, 0) is 0 Å². The Kier molecular flexibility index (Phi) is 5.82. The normalized spacial score (nSPS) is 16.8. The Balaban J connectivity index is 1.50. The zero-order valence-electron chi connectivity index (χ0n) is 17.1. The monoisotopic (exact) mass is 387 g/mol. The van der Waals surface area contributed by atoms with Crippen LogP contribution in [0.4, 0.5) is 0 Å². The Morgan fingerprint density at radius 1 is 1.34 bits per heavy atom. The van der Waals surface area contributed by atoms with Crippen LogP contribution in [0, 0.1) is 11.2 Å². The molecule has 1 aromatic carbocycles. The highest BCUT2D eigenvalue weighted by Crippen LogP contribution is 2.26. The highest BCUT2D eigenvalue weighted by Gasteiger charge is 2.22. The maximum atomic E-state index is 9.19. The SMILES string of the molecule is CCC1CCCN1CCOc1cccc(-c2cnn3ccc(B(C)C#N)nc23)c1. The molecule has 7 heteroatoms. The van der Waals surface area contributed by atoms with Crippen molar-refractivity contribution in [3.63, 3.8) is 0 Å². The van der Waals surface area contributed by atoms with E-state index in [2.05, 4.69) is 27.9 Å². The highest BCUT2D eigenvalue weighted by atomic mass is 16.5. The van der Waals surface area contributed by atoms with Gasteiger partial charge in [-0.05, 0) is 49.6 Å². The number of ether oxygens (including phenoxy) is 1. The first-order valence-corrected chi connectivity index (χ1v) is 10.4. The lowest BCUT2D eigenvalue weighted by Crippen LogP contribution is -2.32. The zero-order valence-corrected chi connectivity index (χ0v) is 17.1. The Morgan fingerprint density at radius 3 is 3.07 bits per heavy atom. The third-order valence-electron chi connectivity index (χ3n) is 5.79. The van der Waals surface area contributed by atoms with Crippen molar-refractivity contribution in [3.05, 3.63) is 42.7 Å². The van der Waals surface area contributed by atoms with Crippen LogP contribution in [0.25, 0.3) is 16.8 Å². The van der Waals surface area contributed by atoms with Gasteiger partial charge in [-0.25, -0.2) is 14.8 Å². The molecule has 1 saturated heterocycles. The van der Waals surface area contributed by atoms with Crippen molar-refractivity contribution in [2.45, 2.75) is 39.1 Å². The molecule has 0 radical (unpaired) electrons. The zero-order chi connectivity index (χ0) is 20.2. The summed E-state index contributed by atoms with van der Waals surface area (Å²) in [6.07, 6.45) is 7.49. The molecule has 3 heterocycles. The van der Waals surface area contributed by atoms with E-state index in [1.54, 1.807) is 4.52 Å². The van der Waals surface area contributed by atoms with Crippen LogP contribution in [0.3, 0.4) is 0 Å². The van der Waals surface area contributed by atoms with Crippen molar-refractivity contribution >= 4 is 18.0 Å². The molecule has 29 heavy (non-hydrogen) atoms. The van der Waals surface area contributed by atoms with E-state index in [1.165, 1.54) is 25.8 Å². The van der Waals surface area contributed by atoms with Crippen molar-refractivity contribution in [2.75, 3.05) is 19.7 Å². The number of likely N-dealkylation sites (tertiary alicyclic amines) is 1. The molecule has 1 fully saturated rings. The quantitative estimate of drug-likeness (QED) is 0.583. The largest absolute Gasteiger partial charge is 0.492 e. The third kappa shape index (κ3) is 4.13. The Labute approximate surface area is 172 Å². The van der Waals surface area contributed by atoms with E-state index in [0.29, 0.717) is 12.6 Å². The fourth-order valence-electron chi connectivity index (χ4n) is 4.08. The summed E-state index contributed by atoms with van der Waals surface area (Å²) in [6.45, 7) is 6.70. The average molecular weight is 387 g/mol. The maximum Gasteiger partial charge on any atom is 0.319 e. The lowest BCUT2D eigenvalue weighted by atomic mass is 9.51. The van der Waals surface area contributed by atoms with E-state index < -0.39 is 0 Å². The van der Waals surface area contributed by atoms with Crippen LogP contribution in [0.1, 0.15) is 26.2 Å². The van der Waals surface area contributed by atoms with Crippen LogP contribution < -0.4 is 10.3 Å². The van der Waals surface area contributed by atoms with Crippen molar-refractivity contribution in [2.24, 2.45) is 0 Å². The van der Waals surface area contributed by atoms with Crippen molar-refractivity contribution in [3.8, 4) is 22.8 Å². The molecule has 1 aliphatic rings. The first-order chi connectivity index (χ1) is 14.2. The summed E-state index contributed by atoms with van der Waals surface area (Å²) in [6, 6.07) is 10.6. The second kappa shape index (κ2) is 8.67. The molecular weight excluding hydrogens is 361 g/mol. The number of rotatable bonds is 7. The van der Waals surface area contributed by atoms with Gasteiger partial charge in [0.25, 0.3) is 0 Å². The molecule has 1 aliphatic heterocycles. The molecule has 148 valence electrons. The number of benzene rings is 1. The number of nitriles is 1. The van der Waals surface area contributed by atoms with Gasteiger partial charge in [0.1, 0.15) is 12.4 Å². The third-order valence-corrected chi connectivity index (χ3v) is 5.79. The Hall–Kier alpha value is -2.85. The molecule has 0 bridgehead atoms. The van der Waals surface area contributed by atoms with E-state index in [9.17, 15) is 5.26 Å². The Morgan fingerprint density at radius 2 is 2.24 bits per heavy atom. The predicted molar refractivity (Wildman–Crippen MR) is 116 cm³/mol. The summed E-state index contributed by atoms with van der Waals surface area (Å²) in [5.74, 6) is 3.10. The smallest absolute Gasteiger partial charge is 0.319 e. The van der Waals surface area contributed by atoms with Crippen LogP contribution in [0.5, 0.6) is 5.75 Å². The van der Waals surface area contributed by atoms with Gasteiger partial charge in [-0.15, -0.1) is 0 Å². The number of hydrogen-bond donors (Lipinski definition) is 0. The summed E-state index contributed by atoms with van der Waals surface area (Å²) >= 11 is 0. The fourth-order valence-corrected chi connectivity index (χ4v) is 4.08. The van der Waals surface area contributed by atoms with Gasteiger partial charge < -0.3 is 4.74 Å². The highest BCUT2D eigenvalue weighted by molar-refractivity contribution is 6.78. The van der Waals surface area contributed by atoms with Crippen LogP contribution in [-0.4, -0.2) is 51.9 Å². The minimum Gasteiger partial charge on any atom is -0.492 e. The van der Waals surface area contributed by atoms with Crippen molar-refractivity contribution in [1.29, 1.82) is 5.26 Å².